The summed E-state index contributed by atoms with van der Waals surface area (Å²) in [5, 5.41) is 9.65. The highest BCUT2D eigenvalue weighted by Crippen LogP contribution is 2.10. The predicted octanol–water partition coefficient (Wildman–Crippen LogP) is 3.33. The second-order valence-electron chi connectivity index (χ2n) is 4.82. The van der Waals surface area contributed by atoms with Crippen LogP contribution in [0.5, 0.6) is 0 Å². The van der Waals surface area contributed by atoms with Crippen molar-refractivity contribution in [2.45, 2.75) is 19.8 Å². The first kappa shape index (κ1) is 15.8. The number of aryl methyl sites for hydroxylation is 2. The fourth-order valence-corrected chi connectivity index (χ4v) is 2.07. The zero-order valence-electron chi connectivity index (χ0n) is 12.5. The maximum absolute atomic E-state index is 11.4. The summed E-state index contributed by atoms with van der Waals surface area (Å²) >= 11 is 0. The summed E-state index contributed by atoms with van der Waals surface area (Å²) < 4.78 is 4.73. The molecular weight excluding hydrogens is 278 g/mol. The van der Waals surface area contributed by atoms with E-state index >= 15 is 0 Å². The summed E-state index contributed by atoms with van der Waals surface area (Å²) in [6.45, 7) is 1.91. The van der Waals surface area contributed by atoms with Crippen molar-refractivity contribution in [3.63, 3.8) is 0 Å². The van der Waals surface area contributed by atoms with Crippen LogP contribution in [0.15, 0.2) is 54.4 Å². The van der Waals surface area contributed by atoms with E-state index in [1.807, 2.05) is 30.3 Å². The van der Waals surface area contributed by atoms with Crippen LogP contribution in [-0.2, 0) is 22.4 Å². The number of aromatic nitrogens is 1. The van der Waals surface area contributed by atoms with Crippen molar-refractivity contribution in [1.82, 2.24) is 4.98 Å². The van der Waals surface area contributed by atoms with Gasteiger partial charge in [-0.2, -0.15) is 0 Å². The van der Waals surface area contributed by atoms with E-state index in [4.69, 9.17) is 4.74 Å². The number of esters is 1. The number of carbonyl (C=O) groups excluding carboxylic acids is 1. The third kappa shape index (κ3) is 4.74. The molecule has 114 valence electrons. The van der Waals surface area contributed by atoms with Gasteiger partial charge in [0.15, 0.2) is 0 Å². The van der Waals surface area contributed by atoms with Crippen LogP contribution in [0.1, 0.15) is 23.7 Å². The Morgan fingerprint density at radius 2 is 1.91 bits per heavy atom. The van der Waals surface area contributed by atoms with Crippen molar-refractivity contribution in [3.05, 3.63) is 71.2 Å². The van der Waals surface area contributed by atoms with Gasteiger partial charge in [0, 0.05) is 12.3 Å². The first-order valence-electron chi connectivity index (χ1n) is 7.25. The zero-order chi connectivity index (χ0) is 15.8. The van der Waals surface area contributed by atoms with Crippen LogP contribution in [0.2, 0.25) is 0 Å². The van der Waals surface area contributed by atoms with Crippen LogP contribution in [-0.4, -0.2) is 22.7 Å². The molecule has 4 nitrogen and oxygen atoms in total. The lowest BCUT2D eigenvalue weighted by Gasteiger charge is -2.04. The Balaban J connectivity index is 2.03. The van der Waals surface area contributed by atoms with Crippen LogP contribution in [0.3, 0.4) is 0 Å². The Bertz CT molecular complexity index is 650. The number of aliphatic hydroxyl groups is 1. The molecule has 2 aromatic rings. The second-order valence-corrected chi connectivity index (χ2v) is 4.82. The van der Waals surface area contributed by atoms with Crippen molar-refractivity contribution in [1.29, 1.82) is 0 Å². The van der Waals surface area contributed by atoms with Gasteiger partial charge in [-0.05, 0) is 43.0 Å². The van der Waals surface area contributed by atoms with Gasteiger partial charge in [0.1, 0.15) is 0 Å². The van der Waals surface area contributed by atoms with E-state index in [9.17, 15) is 9.90 Å². The van der Waals surface area contributed by atoms with Crippen LogP contribution >= 0.6 is 0 Å². The normalized spacial score (nSPS) is 11.2. The lowest BCUT2D eigenvalue weighted by Crippen LogP contribution is -2.07. The SMILES string of the molecule is CCOC(=O)/C(O)=C/c1cc(CCc2ccccc2)ccn1. The third-order valence-corrected chi connectivity index (χ3v) is 3.16. The van der Waals surface area contributed by atoms with Gasteiger partial charge < -0.3 is 9.84 Å². The Kier molecular flexibility index (Phi) is 5.72. The molecule has 0 aliphatic carbocycles. The molecule has 1 aromatic heterocycles. The number of ether oxygens (including phenoxy) is 1. The van der Waals surface area contributed by atoms with E-state index in [0.717, 1.165) is 18.4 Å². The maximum atomic E-state index is 11.4. The summed E-state index contributed by atoms with van der Waals surface area (Å²) in [7, 11) is 0. The van der Waals surface area contributed by atoms with Crippen molar-refractivity contribution in [2.24, 2.45) is 0 Å². The molecule has 0 spiro atoms. The highest BCUT2D eigenvalue weighted by Gasteiger charge is 2.08. The Morgan fingerprint density at radius 1 is 1.18 bits per heavy atom. The lowest BCUT2D eigenvalue weighted by molar-refractivity contribution is -0.141. The van der Waals surface area contributed by atoms with Crippen LogP contribution < -0.4 is 0 Å². The van der Waals surface area contributed by atoms with Crippen molar-refractivity contribution in [3.8, 4) is 0 Å². The van der Waals surface area contributed by atoms with E-state index in [0.29, 0.717) is 5.69 Å². The largest absolute Gasteiger partial charge is 0.502 e. The highest BCUT2D eigenvalue weighted by molar-refractivity contribution is 5.90. The van der Waals surface area contributed by atoms with E-state index in [2.05, 4.69) is 17.1 Å². The van der Waals surface area contributed by atoms with Gasteiger partial charge in [-0.1, -0.05) is 30.3 Å². The molecule has 1 aromatic carbocycles. The van der Waals surface area contributed by atoms with Crippen molar-refractivity contribution in [2.75, 3.05) is 6.61 Å². The zero-order valence-corrected chi connectivity index (χ0v) is 12.5. The first-order chi connectivity index (χ1) is 10.7. The molecule has 0 saturated carbocycles. The molecule has 4 heteroatoms. The number of pyridine rings is 1. The van der Waals surface area contributed by atoms with E-state index in [1.54, 1.807) is 13.1 Å². The van der Waals surface area contributed by atoms with Crippen LogP contribution in [0.4, 0.5) is 0 Å². The number of hydrogen-bond donors (Lipinski definition) is 1. The summed E-state index contributed by atoms with van der Waals surface area (Å²) in [5.41, 5.74) is 2.91. The van der Waals surface area contributed by atoms with Gasteiger partial charge in [-0.3, -0.25) is 4.98 Å². The molecule has 0 aliphatic heterocycles. The summed E-state index contributed by atoms with van der Waals surface area (Å²) in [6, 6.07) is 14.0. The van der Waals surface area contributed by atoms with Gasteiger partial charge in [-0.25, -0.2) is 4.79 Å². The fourth-order valence-electron chi connectivity index (χ4n) is 2.07. The van der Waals surface area contributed by atoms with Crippen molar-refractivity contribution >= 4 is 12.0 Å². The summed E-state index contributed by atoms with van der Waals surface area (Å²) in [5.74, 6) is -1.17. The molecule has 0 aliphatic rings. The topological polar surface area (TPSA) is 59.4 Å². The average Bonchev–Trinajstić information content (AvgIpc) is 2.54. The molecule has 0 fully saturated rings. The predicted molar refractivity (Wildman–Crippen MR) is 85.3 cm³/mol. The molecule has 0 atom stereocenters. The first-order valence-corrected chi connectivity index (χ1v) is 7.25. The summed E-state index contributed by atoms with van der Waals surface area (Å²) in [4.78, 5) is 15.5. The monoisotopic (exact) mass is 297 g/mol. The van der Waals surface area contributed by atoms with Gasteiger partial charge in [0.2, 0.25) is 5.76 Å². The van der Waals surface area contributed by atoms with Crippen LogP contribution in [0, 0.1) is 0 Å². The number of nitrogens with zero attached hydrogens (tertiary/aromatic N) is 1. The second kappa shape index (κ2) is 7.98. The maximum Gasteiger partial charge on any atom is 0.373 e. The quantitative estimate of drug-likeness (QED) is 0.505. The van der Waals surface area contributed by atoms with Gasteiger partial charge >= 0.3 is 5.97 Å². The minimum absolute atomic E-state index is 0.223. The minimum Gasteiger partial charge on any atom is -0.502 e. The molecule has 2 rings (SSSR count). The fraction of sp³-hybridized carbons (Fsp3) is 0.222. The number of carbonyl (C=O) groups is 1. The summed E-state index contributed by atoms with van der Waals surface area (Å²) in [6.07, 6.45) is 4.79. The van der Waals surface area contributed by atoms with Gasteiger partial charge in [-0.15, -0.1) is 0 Å². The number of hydrogen-bond acceptors (Lipinski definition) is 4. The molecule has 1 N–H and O–H groups in total. The van der Waals surface area contributed by atoms with E-state index in [1.165, 1.54) is 11.6 Å². The molecule has 0 amide bonds. The number of rotatable bonds is 6. The molecule has 22 heavy (non-hydrogen) atoms. The Hall–Kier alpha value is -2.62. The molecule has 1 heterocycles. The average molecular weight is 297 g/mol. The van der Waals surface area contributed by atoms with E-state index < -0.39 is 11.7 Å². The minimum atomic E-state index is -0.737. The van der Waals surface area contributed by atoms with Gasteiger partial charge in [0.25, 0.3) is 0 Å². The molecule has 0 unspecified atom stereocenters. The smallest absolute Gasteiger partial charge is 0.373 e. The standard InChI is InChI=1S/C18H19NO3/c1-2-22-18(21)17(20)13-16-12-15(10-11-19-16)9-8-14-6-4-3-5-7-14/h3-7,10-13,20H,2,8-9H2,1H3/b17-13-. The van der Waals surface area contributed by atoms with Crippen molar-refractivity contribution < 1.29 is 14.6 Å². The van der Waals surface area contributed by atoms with Crippen LogP contribution in [0.25, 0.3) is 6.08 Å². The molecule has 0 bridgehead atoms. The molecule has 0 saturated heterocycles. The third-order valence-electron chi connectivity index (χ3n) is 3.16. The van der Waals surface area contributed by atoms with Gasteiger partial charge in [0.05, 0.1) is 12.3 Å². The Morgan fingerprint density at radius 3 is 2.64 bits per heavy atom. The molecule has 0 radical (unpaired) electrons. The molecular formula is C18H19NO3. The number of aliphatic hydroxyl groups excluding tert-OH is 1. The number of benzene rings is 1. The van der Waals surface area contributed by atoms with E-state index in [-0.39, 0.29) is 6.61 Å². The lowest BCUT2D eigenvalue weighted by atomic mass is 10.0. The highest BCUT2D eigenvalue weighted by atomic mass is 16.5. The Labute approximate surface area is 130 Å².